The summed E-state index contributed by atoms with van der Waals surface area (Å²) < 4.78 is 5.79. The first kappa shape index (κ1) is 15.8. The highest BCUT2D eigenvalue weighted by atomic mass is 16.5. The van der Waals surface area contributed by atoms with Gasteiger partial charge in [-0.25, -0.2) is 0 Å². The highest BCUT2D eigenvalue weighted by Gasteiger charge is 2.24. The zero-order chi connectivity index (χ0) is 16.2. The predicted octanol–water partition coefficient (Wildman–Crippen LogP) is 2.80. The summed E-state index contributed by atoms with van der Waals surface area (Å²) in [7, 11) is 0. The maximum absolute atomic E-state index is 12.4. The number of fused-ring (bicyclic) bond motifs is 1. The first-order chi connectivity index (χ1) is 11.1. The summed E-state index contributed by atoms with van der Waals surface area (Å²) in [6.07, 6.45) is 1.97. The molecular weight excluding hydrogens is 288 g/mol. The summed E-state index contributed by atoms with van der Waals surface area (Å²) in [5.74, 6) is 1.35. The Bertz CT molecular complexity index is 671. The summed E-state index contributed by atoms with van der Waals surface area (Å²) in [6, 6.07) is 14.2. The van der Waals surface area contributed by atoms with E-state index >= 15 is 0 Å². The van der Waals surface area contributed by atoms with Crippen LogP contribution in [-0.2, 0) is 4.79 Å². The maximum atomic E-state index is 12.4. The second kappa shape index (κ2) is 7.01. The number of rotatable bonds is 4. The van der Waals surface area contributed by atoms with E-state index < -0.39 is 0 Å². The van der Waals surface area contributed by atoms with E-state index in [-0.39, 0.29) is 18.6 Å². The molecule has 1 atom stereocenters. The molecule has 1 amide bonds. The molecule has 0 saturated carbocycles. The van der Waals surface area contributed by atoms with Gasteiger partial charge in [-0.05, 0) is 37.1 Å². The largest absolute Gasteiger partial charge is 0.483 e. The van der Waals surface area contributed by atoms with Gasteiger partial charge in [0.25, 0.3) is 5.91 Å². The minimum absolute atomic E-state index is 0.0565. The third kappa shape index (κ3) is 3.64. The Morgan fingerprint density at radius 1 is 1.22 bits per heavy atom. The van der Waals surface area contributed by atoms with Crippen LogP contribution in [0.3, 0.4) is 0 Å². The summed E-state index contributed by atoms with van der Waals surface area (Å²) in [5, 5.41) is 2.16. The van der Waals surface area contributed by atoms with E-state index in [1.54, 1.807) is 0 Å². The number of piperidine rings is 1. The molecule has 23 heavy (non-hydrogen) atoms. The lowest BCUT2D eigenvalue weighted by molar-refractivity contribution is -0.134. The lowest BCUT2D eigenvalue weighted by atomic mass is 9.91. The van der Waals surface area contributed by atoms with Gasteiger partial charge >= 0.3 is 0 Å². The zero-order valence-electron chi connectivity index (χ0n) is 13.6. The zero-order valence-corrected chi connectivity index (χ0v) is 13.6. The molecule has 2 N–H and O–H groups in total. The van der Waals surface area contributed by atoms with Crippen LogP contribution in [0.5, 0.6) is 5.75 Å². The number of likely N-dealkylation sites (tertiary alicyclic amines) is 1. The highest BCUT2D eigenvalue weighted by molar-refractivity contribution is 5.88. The van der Waals surface area contributed by atoms with Crippen LogP contribution in [0.25, 0.3) is 10.8 Å². The number of hydrogen-bond acceptors (Lipinski definition) is 3. The lowest BCUT2D eigenvalue weighted by Gasteiger charge is -2.33. The fourth-order valence-corrected chi connectivity index (χ4v) is 3.23. The van der Waals surface area contributed by atoms with Crippen molar-refractivity contribution in [1.82, 2.24) is 4.90 Å². The first-order valence-electron chi connectivity index (χ1n) is 8.29. The Morgan fingerprint density at radius 3 is 2.65 bits per heavy atom. The molecule has 0 radical (unpaired) electrons. The van der Waals surface area contributed by atoms with Crippen molar-refractivity contribution in [1.29, 1.82) is 0 Å². The maximum Gasteiger partial charge on any atom is 0.260 e. The van der Waals surface area contributed by atoms with Gasteiger partial charge in [0.1, 0.15) is 5.75 Å². The topological polar surface area (TPSA) is 55.6 Å². The summed E-state index contributed by atoms with van der Waals surface area (Å²) in [6.45, 7) is 3.70. The van der Waals surface area contributed by atoms with Crippen LogP contribution in [0, 0.1) is 5.92 Å². The van der Waals surface area contributed by atoms with Gasteiger partial charge in [0, 0.05) is 24.5 Å². The van der Waals surface area contributed by atoms with Crippen LogP contribution < -0.4 is 10.5 Å². The lowest BCUT2D eigenvalue weighted by Crippen LogP contribution is -2.44. The van der Waals surface area contributed by atoms with Gasteiger partial charge in [-0.15, -0.1) is 0 Å². The fraction of sp³-hybridized carbons (Fsp3) is 0.421. The molecular formula is C19H24N2O2. The molecule has 0 spiro atoms. The fourth-order valence-electron chi connectivity index (χ4n) is 3.23. The minimum atomic E-state index is 0.0565. The van der Waals surface area contributed by atoms with E-state index in [4.69, 9.17) is 10.5 Å². The standard InChI is InChI=1S/C19H24N2O2/c1-14(20)15-9-11-21(12-10-15)19(22)13-23-18-8-4-6-16-5-2-3-7-17(16)18/h2-8,14-15H,9-13,20H2,1H3. The SMILES string of the molecule is CC(N)C1CCN(C(=O)COc2cccc3ccccc23)CC1. The summed E-state index contributed by atoms with van der Waals surface area (Å²) >= 11 is 0. The molecule has 1 heterocycles. The molecule has 122 valence electrons. The van der Waals surface area contributed by atoms with Gasteiger partial charge in [-0.2, -0.15) is 0 Å². The van der Waals surface area contributed by atoms with Gasteiger partial charge in [-0.3, -0.25) is 4.79 Å². The van der Waals surface area contributed by atoms with Crippen LogP contribution in [0.2, 0.25) is 0 Å². The normalized spacial score (nSPS) is 17.2. The number of amides is 1. The molecule has 0 bridgehead atoms. The van der Waals surface area contributed by atoms with Crippen molar-refractivity contribution < 1.29 is 9.53 Å². The van der Waals surface area contributed by atoms with Gasteiger partial charge in [0.2, 0.25) is 0 Å². The molecule has 4 nitrogen and oxygen atoms in total. The Morgan fingerprint density at radius 2 is 1.91 bits per heavy atom. The van der Waals surface area contributed by atoms with Gasteiger partial charge < -0.3 is 15.4 Å². The average molecular weight is 312 g/mol. The van der Waals surface area contributed by atoms with Crippen molar-refractivity contribution in [2.24, 2.45) is 11.7 Å². The van der Waals surface area contributed by atoms with Crippen LogP contribution in [0.15, 0.2) is 42.5 Å². The highest BCUT2D eigenvalue weighted by Crippen LogP contribution is 2.25. The molecule has 3 rings (SSSR count). The predicted molar refractivity (Wildman–Crippen MR) is 92.4 cm³/mol. The number of benzene rings is 2. The van der Waals surface area contributed by atoms with Crippen LogP contribution in [0.1, 0.15) is 19.8 Å². The Labute approximate surface area is 137 Å². The van der Waals surface area contributed by atoms with E-state index in [1.807, 2.05) is 54.3 Å². The second-order valence-corrected chi connectivity index (χ2v) is 6.34. The number of ether oxygens (including phenoxy) is 1. The van der Waals surface area contributed by atoms with E-state index in [0.717, 1.165) is 42.5 Å². The smallest absolute Gasteiger partial charge is 0.260 e. The van der Waals surface area contributed by atoms with Crippen molar-refractivity contribution >= 4 is 16.7 Å². The Balaban J connectivity index is 1.59. The first-order valence-corrected chi connectivity index (χ1v) is 8.29. The molecule has 2 aromatic rings. The number of carbonyl (C=O) groups excluding carboxylic acids is 1. The minimum Gasteiger partial charge on any atom is -0.483 e. The monoisotopic (exact) mass is 312 g/mol. The van der Waals surface area contributed by atoms with Crippen LogP contribution in [0.4, 0.5) is 0 Å². The van der Waals surface area contributed by atoms with E-state index in [1.165, 1.54) is 0 Å². The van der Waals surface area contributed by atoms with E-state index in [9.17, 15) is 4.79 Å². The average Bonchev–Trinajstić information content (AvgIpc) is 2.59. The number of hydrogen-bond donors (Lipinski definition) is 1. The summed E-state index contributed by atoms with van der Waals surface area (Å²) in [5.41, 5.74) is 5.95. The molecule has 1 saturated heterocycles. The van der Waals surface area contributed by atoms with Crippen molar-refractivity contribution in [3.8, 4) is 5.75 Å². The second-order valence-electron chi connectivity index (χ2n) is 6.34. The van der Waals surface area contributed by atoms with Crippen molar-refractivity contribution in [2.75, 3.05) is 19.7 Å². The Hall–Kier alpha value is -2.07. The third-order valence-electron chi connectivity index (χ3n) is 4.74. The van der Waals surface area contributed by atoms with Crippen molar-refractivity contribution in [3.05, 3.63) is 42.5 Å². The summed E-state index contributed by atoms with van der Waals surface area (Å²) in [4.78, 5) is 14.2. The van der Waals surface area contributed by atoms with Crippen molar-refractivity contribution in [2.45, 2.75) is 25.8 Å². The molecule has 1 aliphatic rings. The molecule has 4 heteroatoms. The van der Waals surface area contributed by atoms with Crippen LogP contribution >= 0.6 is 0 Å². The van der Waals surface area contributed by atoms with E-state index in [0.29, 0.717) is 5.92 Å². The molecule has 1 unspecified atom stereocenters. The number of nitrogens with zero attached hydrogens (tertiary/aromatic N) is 1. The molecule has 2 aromatic carbocycles. The van der Waals surface area contributed by atoms with Crippen molar-refractivity contribution in [3.63, 3.8) is 0 Å². The quantitative estimate of drug-likeness (QED) is 0.944. The number of nitrogens with two attached hydrogens (primary N) is 1. The molecule has 0 aliphatic carbocycles. The number of carbonyl (C=O) groups is 1. The van der Waals surface area contributed by atoms with E-state index in [2.05, 4.69) is 0 Å². The van der Waals surface area contributed by atoms with Gasteiger partial charge in [0.05, 0.1) is 0 Å². The van der Waals surface area contributed by atoms with Crippen LogP contribution in [-0.4, -0.2) is 36.5 Å². The molecule has 1 aliphatic heterocycles. The van der Waals surface area contributed by atoms with Gasteiger partial charge in [0.15, 0.2) is 6.61 Å². The van der Waals surface area contributed by atoms with Gasteiger partial charge in [-0.1, -0.05) is 36.4 Å². The molecule has 0 aromatic heterocycles. The third-order valence-corrected chi connectivity index (χ3v) is 4.74. The molecule has 1 fully saturated rings. The Kier molecular flexibility index (Phi) is 4.82.